The van der Waals surface area contributed by atoms with Crippen molar-refractivity contribution in [2.75, 3.05) is 31.4 Å². The van der Waals surface area contributed by atoms with Crippen LogP contribution in [0.1, 0.15) is 5.69 Å². The van der Waals surface area contributed by atoms with Crippen molar-refractivity contribution in [3.63, 3.8) is 0 Å². The normalized spacial score (nSPS) is 11.1. The molecule has 0 saturated heterocycles. The van der Waals surface area contributed by atoms with E-state index in [0.29, 0.717) is 42.0 Å². The minimum atomic E-state index is 0.462. The summed E-state index contributed by atoms with van der Waals surface area (Å²) in [7, 11) is 3.19. The Labute approximate surface area is 206 Å². The SMILES string of the molecule is COc1cc2ncnc(NCc3cn(CCNc4ccnc5cc(Cl)ccc45)nn3)c2cc1OC. The number of fused-ring (bicyclic) bond motifs is 2. The molecule has 0 radical (unpaired) electrons. The van der Waals surface area contributed by atoms with Crippen LogP contribution < -0.4 is 20.1 Å². The van der Waals surface area contributed by atoms with Crippen LogP contribution in [0.4, 0.5) is 11.5 Å². The molecule has 0 aliphatic rings. The summed E-state index contributed by atoms with van der Waals surface area (Å²) in [5.41, 5.74) is 3.39. The lowest BCUT2D eigenvalue weighted by molar-refractivity contribution is 0.356. The zero-order valence-corrected chi connectivity index (χ0v) is 20.0. The molecule has 0 atom stereocenters. The highest BCUT2D eigenvalue weighted by Gasteiger charge is 2.11. The highest BCUT2D eigenvalue weighted by atomic mass is 35.5. The third kappa shape index (κ3) is 4.87. The zero-order valence-electron chi connectivity index (χ0n) is 19.2. The van der Waals surface area contributed by atoms with Crippen LogP contribution in [0.3, 0.4) is 0 Å². The maximum Gasteiger partial charge on any atom is 0.162 e. The molecule has 178 valence electrons. The highest BCUT2D eigenvalue weighted by Crippen LogP contribution is 2.33. The smallest absolute Gasteiger partial charge is 0.162 e. The number of ether oxygens (including phenoxy) is 2. The largest absolute Gasteiger partial charge is 0.493 e. The molecule has 2 N–H and O–H groups in total. The second-order valence-corrected chi connectivity index (χ2v) is 8.16. The number of pyridine rings is 1. The van der Waals surface area contributed by atoms with E-state index < -0.39 is 0 Å². The second kappa shape index (κ2) is 9.98. The summed E-state index contributed by atoms with van der Waals surface area (Å²) in [6.07, 6.45) is 5.19. The molecule has 0 spiro atoms. The van der Waals surface area contributed by atoms with Crippen LogP contribution >= 0.6 is 11.6 Å². The summed E-state index contributed by atoms with van der Waals surface area (Å²) >= 11 is 6.08. The fourth-order valence-electron chi connectivity index (χ4n) is 3.81. The van der Waals surface area contributed by atoms with Crippen molar-refractivity contribution in [1.82, 2.24) is 29.9 Å². The maximum atomic E-state index is 6.08. The van der Waals surface area contributed by atoms with Crippen molar-refractivity contribution in [3.8, 4) is 11.5 Å². The molecule has 3 heterocycles. The van der Waals surface area contributed by atoms with Crippen molar-refractivity contribution in [1.29, 1.82) is 0 Å². The molecule has 3 aromatic heterocycles. The Hall–Kier alpha value is -4.18. The van der Waals surface area contributed by atoms with E-state index in [4.69, 9.17) is 21.1 Å². The van der Waals surface area contributed by atoms with Crippen molar-refractivity contribution in [2.45, 2.75) is 13.1 Å². The Morgan fingerprint density at radius 1 is 0.914 bits per heavy atom. The molecule has 0 unspecified atom stereocenters. The van der Waals surface area contributed by atoms with Crippen molar-refractivity contribution < 1.29 is 9.47 Å². The number of anilines is 2. The Bertz CT molecular complexity index is 1490. The summed E-state index contributed by atoms with van der Waals surface area (Å²) in [6, 6.07) is 11.3. The first-order chi connectivity index (χ1) is 17.1. The Morgan fingerprint density at radius 3 is 2.60 bits per heavy atom. The molecule has 5 rings (SSSR count). The maximum absolute atomic E-state index is 6.08. The molecule has 0 aliphatic heterocycles. The van der Waals surface area contributed by atoms with Crippen LogP contribution in [0.25, 0.3) is 21.8 Å². The van der Waals surface area contributed by atoms with Crippen LogP contribution in [0.2, 0.25) is 5.02 Å². The van der Waals surface area contributed by atoms with Gasteiger partial charge in [0, 0.05) is 40.3 Å². The van der Waals surface area contributed by atoms with E-state index in [2.05, 4.69) is 35.9 Å². The summed E-state index contributed by atoms with van der Waals surface area (Å²) in [6.45, 7) is 1.79. The molecule has 0 bridgehead atoms. The van der Waals surface area contributed by atoms with Gasteiger partial charge >= 0.3 is 0 Å². The molecule has 0 fully saturated rings. The fraction of sp³-hybridized carbons (Fsp3) is 0.208. The molecular formula is C24H23ClN8O2. The van der Waals surface area contributed by atoms with Crippen LogP contribution in [-0.2, 0) is 13.1 Å². The van der Waals surface area contributed by atoms with E-state index >= 15 is 0 Å². The van der Waals surface area contributed by atoms with E-state index in [1.807, 2.05) is 42.6 Å². The van der Waals surface area contributed by atoms with Gasteiger partial charge in [-0.15, -0.1) is 5.10 Å². The van der Waals surface area contributed by atoms with Gasteiger partial charge in [0.05, 0.1) is 44.5 Å². The molecule has 0 saturated carbocycles. The molecule has 2 aromatic carbocycles. The predicted octanol–water partition coefficient (Wildman–Crippen LogP) is 4.16. The van der Waals surface area contributed by atoms with Crippen LogP contribution in [-0.4, -0.2) is 50.7 Å². The predicted molar refractivity (Wildman–Crippen MR) is 135 cm³/mol. The van der Waals surface area contributed by atoms with E-state index in [0.717, 1.165) is 33.2 Å². The average Bonchev–Trinajstić information content (AvgIpc) is 3.34. The average molecular weight is 491 g/mol. The number of methoxy groups -OCH3 is 2. The first kappa shape index (κ1) is 22.6. The molecule has 10 nitrogen and oxygen atoms in total. The van der Waals surface area contributed by atoms with Gasteiger partial charge in [0.2, 0.25) is 0 Å². The topological polar surface area (TPSA) is 112 Å². The van der Waals surface area contributed by atoms with Crippen molar-refractivity contribution in [2.24, 2.45) is 0 Å². The number of hydrogen-bond acceptors (Lipinski definition) is 9. The van der Waals surface area contributed by atoms with Crippen LogP contribution in [0, 0.1) is 0 Å². The third-order valence-corrected chi connectivity index (χ3v) is 5.76. The van der Waals surface area contributed by atoms with Gasteiger partial charge in [-0.1, -0.05) is 16.8 Å². The Balaban J connectivity index is 1.22. The quantitative estimate of drug-likeness (QED) is 0.314. The second-order valence-electron chi connectivity index (χ2n) is 7.72. The van der Waals surface area contributed by atoms with E-state index in [9.17, 15) is 0 Å². The zero-order chi connectivity index (χ0) is 24.2. The number of rotatable bonds is 9. The lowest BCUT2D eigenvalue weighted by Gasteiger charge is -2.11. The van der Waals surface area contributed by atoms with E-state index in [-0.39, 0.29) is 0 Å². The van der Waals surface area contributed by atoms with Gasteiger partial charge in [0.25, 0.3) is 0 Å². The van der Waals surface area contributed by atoms with Crippen molar-refractivity contribution in [3.05, 3.63) is 65.8 Å². The van der Waals surface area contributed by atoms with Gasteiger partial charge in [0.1, 0.15) is 17.8 Å². The lowest BCUT2D eigenvalue weighted by Crippen LogP contribution is -2.11. The lowest BCUT2D eigenvalue weighted by atomic mass is 10.2. The third-order valence-electron chi connectivity index (χ3n) is 5.52. The molecule has 35 heavy (non-hydrogen) atoms. The number of nitrogens with zero attached hydrogens (tertiary/aromatic N) is 6. The summed E-state index contributed by atoms with van der Waals surface area (Å²) < 4.78 is 12.6. The van der Waals surface area contributed by atoms with Gasteiger partial charge in [-0.3, -0.25) is 9.67 Å². The number of benzene rings is 2. The molecule has 11 heteroatoms. The summed E-state index contributed by atoms with van der Waals surface area (Å²) in [5.74, 6) is 1.91. The minimum Gasteiger partial charge on any atom is -0.493 e. The van der Waals surface area contributed by atoms with Gasteiger partial charge in [-0.25, -0.2) is 9.97 Å². The number of hydrogen-bond donors (Lipinski definition) is 2. The van der Waals surface area contributed by atoms with E-state index in [1.54, 1.807) is 25.1 Å². The van der Waals surface area contributed by atoms with Crippen LogP contribution in [0.5, 0.6) is 11.5 Å². The number of aromatic nitrogens is 6. The highest BCUT2D eigenvalue weighted by molar-refractivity contribution is 6.31. The molecular weight excluding hydrogens is 468 g/mol. The summed E-state index contributed by atoms with van der Waals surface area (Å²) in [5, 5.41) is 17.8. The standard InChI is InChI=1S/C24H23ClN8O2/c1-34-22-10-18-21(11-23(22)35-2)29-14-30-24(18)28-12-16-13-33(32-31-16)8-7-27-19-5-6-26-20-9-15(25)3-4-17(19)20/h3-6,9-11,13-14H,7-8,12H2,1-2H3,(H,26,27)(H,28,29,30). The van der Waals surface area contributed by atoms with Crippen LogP contribution in [0.15, 0.2) is 55.1 Å². The first-order valence-corrected chi connectivity index (χ1v) is 11.3. The van der Waals surface area contributed by atoms with Gasteiger partial charge < -0.3 is 20.1 Å². The molecule has 0 aliphatic carbocycles. The minimum absolute atomic E-state index is 0.462. The van der Waals surface area contributed by atoms with E-state index in [1.165, 1.54) is 6.33 Å². The van der Waals surface area contributed by atoms with Crippen molar-refractivity contribution >= 4 is 44.9 Å². The Kier molecular flexibility index (Phi) is 6.44. The van der Waals surface area contributed by atoms with Gasteiger partial charge in [-0.2, -0.15) is 0 Å². The number of nitrogens with one attached hydrogen (secondary N) is 2. The number of halogens is 1. The monoisotopic (exact) mass is 490 g/mol. The van der Waals surface area contributed by atoms with Gasteiger partial charge in [-0.05, 0) is 30.3 Å². The molecule has 5 aromatic rings. The first-order valence-electron chi connectivity index (χ1n) is 10.9. The summed E-state index contributed by atoms with van der Waals surface area (Å²) in [4.78, 5) is 13.1. The van der Waals surface area contributed by atoms with Gasteiger partial charge in [0.15, 0.2) is 11.5 Å². The Morgan fingerprint density at radius 2 is 1.74 bits per heavy atom. The molecule has 0 amide bonds. The fourth-order valence-corrected chi connectivity index (χ4v) is 3.97.